The summed E-state index contributed by atoms with van der Waals surface area (Å²) in [5, 5.41) is 3.52. The summed E-state index contributed by atoms with van der Waals surface area (Å²) in [6.45, 7) is 0.491. The van der Waals surface area contributed by atoms with E-state index in [1.165, 1.54) is 6.08 Å². The highest BCUT2D eigenvalue weighted by molar-refractivity contribution is 9.10. The standard InChI is InChI=1S/C16H13BrClNO/c17-15-4-2-1-3-13(15)11-19-16(20)10-7-12-5-8-14(18)9-6-12/h1-10H,11H2,(H,19,20)/b10-7+. The lowest BCUT2D eigenvalue weighted by molar-refractivity contribution is -0.116. The van der Waals surface area contributed by atoms with Gasteiger partial charge in [0.1, 0.15) is 0 Å². The van der Waals surface area contributed by atoms with Gasteiger partial charge in [-0.25, -0.2) is 0 Å². The molecule has 2 aromatic carbocycles. The normalized spacial score (nSPS) is 10.7. The predicted molar refractivity (Wildman–Crippen MR) is 86.5 cm³/mol. The Hall–Kier alpha value is -1.58. The summed E-state index contributed by atoms with van der Waals surface area (Å²) in [6, 6.07) is 15.1. The second-order valence-electron chi connectivity index (χ2n) is 4.19. The minimum Gasteiger partial charge on any atom is -0.348 e. The molecule has 1 N–H and O–H groups in total. The molecule has 0 saturated carbocycles. The minimum atomic E-state index is -0.129. The first-order valence-corrected chi connectivity index (χ1v) is 7.27. The van der Waals surface area contributed by atoms with Gasteiger partial charge >= 0.3 is 0 Å². The molecule has 0 aliphatic heterocycles. The second-order valence-corrected chi connectivity index (χ2v) is 5.48. The molecular weight excluding hydrogens is 338 g/mol. The van der Waals surface area contributed by atoms with Crippen molar-refractivity contribution < 1.29 is 4.79 Å². The van der Waals surface area contributed by atoms with E-state index in [9.17, 15) is 4.79 Å². The number of halogens is 2. The zero-order valence-corrected chi connectivity index (χ0v) is 13.0. The van der Waals surface area contributed by atoms with Crippen LogP contribution in [0.4, 0.5) is 0 Å². The molecule has 0 fully saturated rings. The number of carbonyl (C=O) groups excluding carboxylic acids is 1. The number of benzene rings is 2. The highest BCUT2D eigenvalue weighted by Crippen LogP contribution is 2.15. The van der Waals surface area contributed by atoms with E-state index in [1.807, 2.05) is 36.4 Å². The fraction of sp³-hybridized carbons (Fsp3) is 0.0625. The van der Waals surface area contributed by atoms with Crippen LogP contribution in [0, 0.1) is 0 Å². The van der Waals surface area contributed by atoms with Crippen LogP contribution in [0.15, 0.2) is 59.1 Å². The Labute approximate surface area is 131 Å². The molecule has 4 heteroatoms. The largest absolute Gasteiger partial charge is 0.348 e. The van der Waals surface area contributed by atoms with Crippen molar-refractivity contribution in [2.45, 2.75) is 6.54 Å². The van der Waals surface area contributed by atoms with E-state index in [1.54, 1.807) is 18.2 Å². The van der Waals surface area contributed by atoms with Crippen molar-refractivity contribution in [1.82, 2.24) is 5.32 Å². The van der Waals surface area contributed by atoms with Crippen LogP contribution < -0.4 is 5.32 Å². The van der Waals surface area contributed by atoms with Crippen molar-refractivity contribution in [3.63, 3.8) is 0 Å². The fourth-order valence-corrected chi connectivity index (χ4v) is 2.18. The van der Waals surface area contributed by atoms with Crippen LogP contribution in [-0.4, -0.2) is 5.91 Å². The van der Waals surface area contributed by atoms with Gasteiger partial charge in [0.25, 0.3) is 0 Å². The molecule has 20 heavy (non-hydrogen) atoms. The zero-order chi connectivity index (χ0) is 14.4. The van der Waals surface area contributed by atoms with Crippen LogP contribution in [0.5, 0.6) is 0 Å². The fourth-order valence-electron chi connectivity index (χ4n) is 1.63. The van der Waals surface area contributed by atoms with Crippen molar-refractivity contribution >= 4 is 39.5 Å². The molecule has 0 saturated heterocycles. The number of hydrogen-bond donors (Lipinski definition) is 1. The number of carbonyl (C=O) groups is 1. The summed E-state index contributed by atoms with van der Waals surface area (Å²) in [5.41, 5.74) is 1.98. The molecular formula is C16H13BrClNO. The van der Waals surface area contributed by atoms with Gasteiger partial charge in [-0.05, 0) is 35.4 Å². The molecule has 0 spiro atoms. The lowest BCUT2D eigenvalue weighted by atomic mass is 10.2. The maximum atomic E-state index is 11.7. The SMILES string of the molecule is O=C(/C=C/c1ccc(Cl)cc1)NCc1ccccc1Br. The number of hydrogen-bond acceptors (Lipinski definition) is 1. The second kappa shape index (κ2) is 7.27. The molecule has 0 aliphatic rings. The molecule has 0 atom stereocenters. The molecule has 0 radical (unpaired) electrons. The first kappa shape index (κ1) is 14.8. The highest BCUT2D eigenvalue weighted by Gasteiger charge is 2.00. The third-order valence-electron chi connectivity index (χ3n) is 2.71. The van der Waals surface area contributed by atoms with Crippen molar-refractivity contribution in [2.24, 2.45) is 0 Å². The maximum Gasteiger partial charge on any atom is 0.244 e. The first-order chi connectivity index (χ1) is 9.65. The Morgan fingerprint density at radius 3 is 2.55 bits per heavy atom. The van der Waals surface area contributed by atoms with Crippen LogP contribution in [0.2, 0.25) is 5.02 Å². The lowest BCUT2D eigenvalue weighted by Gasteiger charge is -2.04. The summed E-state index contributed by atoms with van der Waals surface area (Å²) < 4.78 is 0.988. The Morgan fingerprint density at radius 2 is 1.85 bits per heavy atom. The molecule has 1 amide bonds. The summed E-state index contributed by atoms with van der Waals surface area (Å²) >= 11 is 9.25. The van der Waals surface area contributed by atoms with Gasteiger partial charge in [0.05, 0.1) is 0 Å². The van der Waals surface area contributed by atoms with Gasteiger partial charge in [0.2, 0.25) is 5.91 Å². The highest BCUT2D eigenvalue weighted by atomic mass is 79.9. The Morgan fingerprint density at radius 1 is 1.15 bits per heavy atom. The summed E-state index contributed by atoms with van der Waals surface area (Å²) in [5.74, 6) is -0.129. The maximum absolute atomic E-state index is 11.7. The van der Waals surface area contributed by atoms with Crippen LogP contribution in [0.1, 0.15) is 11.1 Å². The van der Waals surface area contributed by atoms with Crippen molar-refractivity contribution in [1.29, 1.82) is 0 Å². The Bertz CT molecular complexity index is 623. The topological polar surface area (TPSA) is 29.1 Å². The van der Waals surface area contributed by atoms with E-state index in [0.717, 1.165) is 15.6 Å². The molecule has 2 aromatic rings. The van der Waals surface area contributed by atoms with Crippen LogP contribution in [0.25, 0.3) is 6.08 Å². The van der Waals surface area contributed by atoms with E-state index < -0.39 is 0 Å². The number of rotatable bonds is 4. The van der Waals surface area contributed by atoms with Crippen molar-refractivity contribution in [2.75, 3.05) is 0 Å². The average Bonchev–Trinajstić information content (AvgIpc) is 2.46. The molecule has 102 valence electrons. The first-order valence-electron chi connectivity index (χ1n) is 6.10. The lowest BCUT2D eigenvalue weighted by Crippen LogP contribution is -2.20. The van der Waals surface area contributed by atoms with E-state index in [4.69, 9.17) is 11.6 Å². The van der Waals surface area contributed by atoms with Crippen molar-refractivity contribution in [3.05, 3.63) is 75.2 Å². The molecule has 0 aromatic heterocycles. The molecule has 0 bridgehead atoms. The Balaban J connectivity index is 1.90. The molecule has 0 aliphatic carbocycles. The number of nitrogens with one attached hydrogen (secondary N) is 1. The quantitative estimate of drug-likeness (QED) is 0.812. The van der Waals surface area contributed by atoms with Gasteiger partial charge in [0.15, 0.2) is 0 Å². The van der Waals surface area contributed by atoms with Gasteiger partial charge < -0.3 is 5.32 Å². The van der Waals surface area contributed by atoms with Crippen LogP contribution in [-0.2, 0) is 11.3 Å². The van der Waals surface area contributed by atoms with Gasteiger partial charge in [-0.3, -0.25) is 4.79 Å². The minimum absolute atomic E-state index is 0.129. The van der Waals surface area contributed by atoms with Crippen molar-refractivity contribution in [3.8, 4) is 0 Å². The van der Waals surface area contributed by atoms with Crippen LogP contribution >= 0.6 is 27.5 Å². The third kappa shape index (κ3) is 4.51. The summed E-state index contributed by atoms with van der Waals surface area (Å²) in [7, 11) is 0. The summed E-state index contributed by atoms with van der Waals surface area (Å²) in [6.07, 6.45) is 3.27. The Kier molecular flexibility index (Phi) is 5.39. The predicted octanol–water partition coefficient (Wildman–Crippen LogP) is 4.43. The van der Waals surface area contributed by atoms with E-state index in [2.05, 4.69) is 21.2 Å². The monoisotopic (exact) mass is 349 g/mol. The number of amides is 1. The molecule has 2 rings (SSSR count). The average molecular weight is 351 g/mol. The van der Waals surface area contributed by atoms with Gasteiger partial charge in [-0.2, -0.15) is 0 Å². The molecule has 2 nitrogen and oxygen atoms in total. The smallest absolute Gasteiger partial charge is 0.244 e. The van der Waals surface area contributed by atoms with Gasteiger partial charge in [0, 0.05) is 22.1 Å². The zero-order valence-electron chi connectivity index (χ0n) is 10.6. The van der Waals surface area contributed by atoms with Crippen LogP contribution in [0.3, 0.4) is 0 Å². The van der Waals surface area contributed by atoms with Gasteiger partial charge in [-0.15, -0.1) is 0 Å². The van der Waals surface area contributed by atoms with E-state index >= 15 is 0 Å². The third-order valence-corrected chi connectivity index (χ3v) is 3.73. The molecule has 0 unspecified atom stereocenters. The van der Waals surface area contributed by atoms with E-state index in [-0.39, 0.29) is 5.91 Å². The van der Waals surface area contributed by atoms with E-state index in [0.29, 0.717) is 11.6 Å². The summed E-state index contributed by atoms with van der Waals surface area (Å²) in [4.78, 5) is 11.7. The van der Waals surface area contributed by atoms with Gasteiger partial charge in [-0.1, -0.05) is 57.9 Å². The molecule has 0 heterocycles.